The van der Waals surface area contributed by atoms with Crippen LogP contribution in [0.5, 0.6) is 5.75 Å². The fourth-order valence-corrected chi connectivity index (χ4v) is 1.83. The minimum Gasteiger partial charge on any atom is -0.497 e. The molecule has 122 valence electrons. The number of methoxy groups -OCH3 is 2. The van der Waals surface area contributed by atoms with Crippen LogP contribution < -0.4 is 15.4 Å². The summed E-state index contributed by atoms with van der Waals surface area (Å²) >= 11 is 0. The van der Waals surface area contributed by atoms with Gasteiger partial charge in [0.25, 0.3) is 5.91 Å². The van der Waals surface area contributed by atoms with Crippen molar-refractivity contribution < 1.29 is 14.3 Å². The fourth-order valence-electron chi connectivity index (χ4n) is 1.83. The lowest BCUT2D eigenvalue weighted by Gasteiger charge is -2.07. The summed E-state index contributed by atoms with van der Waals surface area (Å²) in [5.41, 5.74) is 1.25. The molecule has 0 aliphatic carbocycles. The van der Waals surface area contributed by atoms with Gasteiger partial charge in [0.2, 0.25) is 5.95 Å². The zero-order chi connectivity index (χ0) is 16.5. The van der Waals surface area contributed by atoms with Crippen molar-refractivity contribution in [1.29, 1.82) is 0 Å². The Hall–Kier alpha value is -2.67. The first-order valence-electron chi connectivity index (χ1n) is 7.23. The Morgan fingerprint density at radius 2 is 1.83 bits per heavy atom. The van der Waals surface area contributed by atoms with E-state index in [1.54, 1.807) is 14.2 Å². The van der Waals surface area contributed by atoms with Gasteiger partial charge in [-0.25, -0.2) is 9.97 Å². The van der Waals surface area contributed by atoms with Gasteiger partial charge in [0, 0.05) is 38.3 Å². The van der Waals surface area contributed by atoms with Crippen molar-refractivity contribution in [2.75, 3.05) is 32.7 Å². The Labute approximate surface area is 135 Å². The van der Waals surface area contributed by atoms with E-state index in [4.69, 9.17) is 9.47 Å². The fraction of sp³-hybridized carbons (Fsp3) is 0.312. The van der Waals surface area contributed by atoms with Gasteiger partial charge in [-0.05, 0) is 30.7 Å². The number of ether oxygens (including phenoxy) is 2. The first-order chi connectivity index (χ1) is 11.2. The van der Waals surface area contributed by atoms with Crippen LogP contribution in [0.25, 0.3) is 0 Å². The summed E-state index contributed by atoms with van der Waals surface area (Å²) in [4.78, 5) is 20.2. The highest BCUT2D eigenvalue weighted by molar-refractivity contribution is 5.93. The van der Waals surface area contributed by atoms with E-state index in [1.165, 1.54) is 12.4 Å². The minimum atomic E-state index is -0.197. The van der Waals surface area contributed by atoms with Crippen LogP contribution in [0.3, 0.4) is 0 Å². The van der Waals surface area contributed by atoms with Gasteiger partial charge < -0.3 is 20.1 Å². The van der Waals surface area contributed by atoms with E-state index in [0.29, 0.717) is 24.7 Å². The summed E-state index contributed by atoms with van der Waals surface area (Å²) in [6, 6.07) is 7.39. The highest BCUT2D eigenvalue weighted by atomic mass is 16.5. The number of hydrogen-bond acceptors (Lipinski definition) is 6. The molecule has 1 amide bonds. The summed E-state index contributed by atoms with van der Waals surface area (Å²) in [6.45, 7) is 1.17. The molecule has 0 aliphatic heterocycles. The maximum absolute atomic E-state index is 11.9. The van der Waals surface area contributed by atoms with Gasteiger partial charge in [-0.1, -0.05) is 0 Å². The standard InChI is InChI=1S/C16H20N4O3/c1-22-9-3-8-17-15(21)12-10-18-16(19-11-12)20-13-4-6-14(23-2)7-5-13/h4-7,10-11H,3,8-9H2,1-2H3,(H,17,21)(H,18,19,20). The Kier molecular flexibility index (Phi) is 6.31. The van der Waals surface area contributed by atoms with E-state index in [0.717, 1.165) is 17.9 Å². The third-order valence-corrected chi connectivity index (χ3v) is 3.07. The monoisotopic (exact) mass is 316 g/mol. The molecule has 2 aromatic rings. The predicted molar refractivity (Wildman–Crippen MR) is 87.1 cm³/mol. The molecule has 1 aromatic heterocycles. The van der Waals surface area contributed by atoms with E-state index in [9.17, 15) is 4.79 Å². The summed E-state index contributed by atoms with van der Waals surface area (Å²) in [6.07, 6.45) is 3.75. The van der Waals surface area contributed by atoms with Crippen molar-refractivity contribution in [3.05, 3.63) is 42.2 Å². The maximum Gasteiger partial charge on any atom is 0.254 e. The first-order valence-corrected chi connectivity index (χ1v) is 7.23. The van der Waals surface area contributed by atoms with Gasteiger partial charge in [-0.3, -0.25) is 4.79 Å². The lowest BCUT2D eigenvalue weighted by molar-refractivity contribution is 0.0948. The molecule has 0 fully saturated rings. The minimum absolute atomic E-state index is 0.197. The Morgan fingerprint density at radius 3 is 2.43 bits per heavy atom. The van der Waals surface area contributed by atoms with Crippen LogP contribution in [0.4, 0.5) is 11.6 Å². The molecule has 0 aliphatic rings. The normalized spacial score (nSPS) is 10.2. The molecular weight excluding hydrogens is 296 g/mol. The number of rotatable bonds is 8. The maximum atomic E-state index is 11.9. The zero-order valence-corrected chi connectivity index (χ0v) is 13.2. The molecule has 1 heterocycles. The molecule has 0 spiro atoms. The Balaban J connectivity index is 1.89. The number of benzene rings is 1. The molecule has 1 aromatic carbocycles. The third kappa shape index (κ3) is 5.23. The molecule has 7 heteroatoms. The van der Waals surface area contributed by atoms with Crippen molar-refractivity contribution in [3.63, 3.8) is 0 Å². The van der Waals surface area contributed by atoms with Crippen molar-refractivity contribution in [1.82, 2.24) is 15.3 Å². The quantitative estimate of drug-likeness (QED) is 0.725. The number of nitrogens with zero attached hydrogens (tertiary/aromatic N) is 2. The van der Waals surface area contributed by atoms with Gasteiger partial charge in [0.15, 0.2) is 0 Å². The van der Waals surface area contributed by atoms with E-state index in [-0.39, 0.29) is 5.91 Å². The molecule has 2 N–H and O–H groups in total. The van der Waals surface area contributed by atoms with Crippen LogP contribution in [-0.2, 0) is 4.74 Å². The van der Waals surface area contributed by atoms with Crippen molar-refractivity contribution >= 4 is 17.5 Å². The SMILES string of the molecule is COCCCNC(=O)c1cnc(Nc2ccc(OC)cc2)nc1. The zero-order valence-electron chi connectivity index (χ0n) is 13.2. The van der Waals surface area contributed by atoms with Gasteiger partial charge in [0.1, 0.15) is 5.75 Å². The average Bonchev–Trinajstić information content (AvgIpc) is 2.60. The van der Waals surface area contributed by atoms with Gasteiger partial charge in [-0.15, -0.1) is 0 Å². The first kappa shape index (κ1) is 16.7. The van der Waals surface area contributed by atoms with Crippen LogP contribution in [0, 0.1) is 0 Å². The van der Waals surface area contributed by atoms with E-state index < -0.39 is 0 Å². The second kappa shape index (κ2) is 8.70. The van der Waals surface area contributed by atoms with Crippen LogP contribution >= 0.6 is 0 Å². The van der Waals surface area contributed by atoms with Crippen LogP contribution in [-0.4, -0.2) is 43.2 Å². The van der Waals surface area contributed by atoms with Gasteiger partial charge in [-0.2, -0.15) is 0 Å². The molecule has 0 unspecified atom stereocenters. The number of carbonyl (C=O) groups excluding carboxylic acids is 1. The average molecular weight is 316 g/mol. The molecule has 0 radical (unpaired) electrons. The molecule has 0 saturated carbocycles. The van der Waals surface area contributed by atoms with Crippen molar-refractivity contribution in [2.24, 2.45) is 0 Å². The highest BCUT2D eigenvalue weighted by Gasteiger charge is 2.06. The Morgan fingerprint density at radius 1 is 1.13 bits per heavy atom. The lowest BCUT2D eigenvalue weighted by atomic mass is 10.3. The van der Waals surface area contributed by atoms with Crippen molar-refractivity contribution in [2.45, 2.75) is 6.42 Å². The molecular formula is C16H20N4O3. The molecule has 0 bridgehead atoms. The Bertz CT molecular complexity index is 614. The summed E-state index contributed by atoms with van der Waals surface area (Å²) in [5, 5.41) is 5.84. The number of anilines is 2. The third-order valence-electron chi connectivity index (χ3n) is 3.07. The summed E-state index contributed by atoms with van der Waals surface area (Å²) < 4.78 is 10.0. The number of nitrogens with one attached hydrogen (secondary N) is 2. The van der Waals surface area contributed by atoms with Crippen LogP contribution in [0.2, 0.25) is 0 Å². The highest BCUT2D eigenvalue weighted by Crippen LogP contribution is 2.17. The van der Waals surface area contributed by atoms with E-state index >= 15 is 0 Å². The number of carbonyl (C=O) groups is 1. The smallest absolute Gasteiger partial charge is 0.254 e. The second-order valence-corrected chi connectivity index (χ2v) is 4.75. The summed E-state index contributed by atoms with van der Waals surface area (Å²) in [5.74, 6) is 1.00. The van der Waals surface area contributed by atoms with Gasteiger partial charge >= 0.3 is 0 Å². The molecule has 0 atom stereocenters. The molecule has 7 nitrogen and oxygen atoms in total. The largest absolute Gasteiger partial charge is 0.497 e. The van der Waals surface area contributed by atoms with Crippen LogP contribution in [0.15, 0.2) is 36.7 Å². The molecule has 0 saturated heterocycles. The number of amides is 1. The molecule has 2 rings (SSSR count). The van der Waals surface area contributed by atoms with E-state index in [1.807, 2.05) is 24.3 Å². The lowest BCUT2D eigenvalue weighted by Crippen LogP contribution is -2.25. The number of hydrogen-bond donors (Lipinski definition) is 2. The topological polar surface area (TPSA) is 85.4 Å². The van der Waals surface area contributed by atoms with Crippen molar-refractivity contribution in [3.8, 4) is 5.75 Å². The predicted octanol–water partition coefficient (Wildman–Crippen LogP) is 2.00. The van der Waals surface area contributed by atoms with Gasteiger partial charge in [0.05, 0.1) is 12.7 Å². The molecule has 23 heavy (non-hydrogen) atoms. The second-order valence-electron chi connectivity index (χ2n) is 4.75. The van der Waals surface area contributed by atoms with Crippen LogP contribution in [0.1, 0.15) is 16.8 Å². The van der Waals surface area contributed by atoms with E-state index in [2.05, 4.69) is 20.6 Å². The summed E-state index contributed by atoms with van der Waals surface area (Å²) in [7, 11) is 3.24. The number of aromatic nitrogens is 2.